The van der Waals surface area contributed by atoms with Gasteiger partial charge in [-0.2, -0.15) is 0 Å². The van der Waals surface area contributed by atoms with Crippen molar-refractivity contribution in [1.82, 2.24) is 5.32 Å². The minimum atomic E-state index is -0.181. The lowest BCUT2D eigenvalue weighted by molar-refractivity contribution is -0.127. The van der Waals surface area contributed by atoms with Crippen molar-refractivity contribution in [3.63, 3.8) is 0 Å². The second-order valence-corrected chi connectivity index (χ2v) is 6.03. The van der Waals surface area contributed by atoms with Gasteiger partial charge in [-0.25, -0.2) is 4.39 Å². The van der Waals surface area contributed by atoms with Crippen LogP contribution < -0.4 is 5.32 Å². The van der Waals surface area contributed by atoms with Crippen molar-refractivity contribution in [2.24, 2.45) is 5.41 Å². The monoisotopic (exact) mass is 279 g/mol. The molecule has 1 aliphatic carbocycles. The Morgan fingerprint density at radius 2 is 2.00 bits per heavy atom. The maximum absolute atomic E-state index is 13.0. The van der Waals surface area contributed by atoms with Crippen LogP contribution in [-0.4, -0.2) is 18.8 Å². The predicted octanol–water partition coefficient (Wildman–Crippen LogP) is 4.07. The first kappa shape index (κ1) is 15.5. The van der Waals surface area contributed by atoms with Gasteiger partial charge < -0.3 is 10.1 Å². The average Bonchev–Trinajstić information content (AvgIpc) is 2.45. The van der Waals surface area contributed by atoms with E-state index in [4.69, 9.17) is 4.74 Å². The van der Waals surface area contributed by atoms with Crippen molar-refractivity contribution in [2.75, 3.05) is 6.61 Å². The molecule has 0 aromatic heterocycles. The molecule has 0 heterocycles. The number of nitrogens with one attached hydrogen (secondary N) is 1. The fraction of sp³-hybridized carbons (Fsp3) is 0.647. The molecule has 2 nitrogen and oxygen atoms in total. The van der Waals surface area contributed by atoms with Crippen LogP contribution in [0.5, 0.6) is 0 Å². The van der Waals surface area contributed by atoms with Crippen LogP contribution in [0.15, 0.2) is 24.3 Å². The Hall–Kier alpha value is -0.930. The SMILES string of the molecule is CCOC1CC(N[C@H](C)c2ccc(F)cc2)C1(C)CC. The molecule has 1 fully saturated rings. The molecule has 0 radical (unpaired) electrons. The zero-order valence-electron chi connectivity index (χ0n) is 12.9. The van der Waals surface area contributed by atoms with Crippen molar-refractivity contribution in [3.05, 3.63) is 35.6 Å². The summed E-state index contributed by atoms with van der Waals surface area (Å²) in [4.78, 5) is 0. The van der Waals surface area contributed by atoms with Gasteiger partial charge in [-0.1, -0.05) is 26.0 Å². The van der Waals surface area contributed by atoms with Crippen molar-refractivity contribution in [3.8, 4) is 0 Å². The van der Waals surface area contributed by atoms with Crippen LogP contribution in [0.2, 0.25) is 0 Å². The normalized spacial score (nSPS) is 30.9. The lowest BCUT2D eigenvalue weighted by Gasteiger charge is -2.54. The smallest absolute Gasteiger partial charge is 0.123 e. The second kappa shape index (κ2) is 6.23. The van der Waals surface area contributed by atoms with Crippen molar-refractivity contribution in [2.45, 2.75) is 58.7 Å². The van der Waals surface area contributed by atoms with Crippen molar-refractivity contribution in [1.29, 1.82) is 0 Å². The van der Waals surface area contributed by atoms with Crippen molar-refractivity contribution < 1.29 is 9.13 Å². The maximum atomic E-state index is 13.0. The lowest BCUT2D eigenvalue weighted by atomic mass is 9.61. The van der Waals surface area contributed by atoms with Gasteiger partial charge in [-0.3, -0.25) is 0 Å². The molecule has 1 aromatic rings. The molecular weight excluding hydrogens is 253 g/mol. The molecule has 2 rings (SSSR count). The fourth-order valence-corrected chi connectivity index (χ4v) is 3.16. The number of benzene rings is 1. The molecule has 3 unspecified atom stereocenters. The third kappa shape index (κ3) is 2.89. The van der Waals surface area contributed by atoms with Crippen molar-refractivity contribution >= 4 is 0 Å². The van der Waals surface area contributed by atoms with E-state index in [9.17, 15) is 4.39 Å². The molecule has 3 heteroatoms. The largest absolute Gasteiger partial charge is 0.378 e. The molecule has 1 N–H and O–H groups in total. The summed E-state index contributed by atoms with van der Waals surface area (Å²) in [5.74, 6) is -0.181. The molecule has 112 valence electrons. The number of hydrogen-bond acceptors (Lipinski definition) is 2. The minimum absolute atomic E-state index is 0.181. The van der Waals surface area contributed by atoms with E-state index in [1.54, 1.807) is 0 Å². The van der Waals surface area contributed by atoms with Crippen LogP contribution in [-0.2, 0) is 4.74 Å². The quantitative estimate of drug-likeness (QED) is 0.847. The van der Waals surface area contributed by atoms with Gasteiger partial charge in [0.2, 0.25) is 0 Å². The third-order valence-corrected chi connectivity index (χ3v) is 4.93. The van der Waals surface area contributed by atoms with E-state index in [0.717, 1.165) is 25.0 Å². The Balaban J connectivity index is 1.98. The van der Waals surface area contributed by atoms with Crippen LogP contribution in [0.1, 0.15) is 52.1 Å². The Morgan fingerprint density at radius 1 is 1.35 bits per heavy atom. The van der Waals surface area contributed by atoms with E-state index < -0.39 is 0 Å². The minimum Gasteiger partial charge on any atom is -0.378 e. The Morgan fingerprint density at radius 3 is 2.55 bits per heavy atom. The van der Waals surface area contributed by atoms with Gasteiger partial charge in [-0.15, -0.1) is 0 Å². The Bertz CT molecular complexity index is 433. The molecule has 1 saturated carbocycles. The number of rotatable bonds is 6. The van der Waals surface area contributed by atoms with Gasteiger partial charge >= 0.3 is 0 Å². The van der Waals surface area contributed by atoms with Crippen LogP contribution in [0.4, 0.5) is 4.39 Å². The number of hydrogen-bond donors (Lipinski definition) is 1. The van der Waals surface area contributed by atoms with Crippen LogP contribution in [0, 0.1) is 11.2 Å². The summed E-state index contributed by atoms with van der Waals surface area (Å²) in [6, 6.07) is 7.45. The molecule has 0 saturated heterocycles. The topological polar surface area (TPSA) is 21.3 Å². The summed E-state index contributed by atoms with van der Waals surface area (Å²) < 4.78 is 18.8. The molecule has 4 atom stereocenters. The van der Waals surface area contributed by atoms with Crippen LogP contribution in [0.25, 0.3) is 0 Å². The van der Waals surface area contributed by atoms with E-state index in [2.05, 4.69) is 33.0 Å². The second-order valence-electron chi connectivity index (χ2n) is 6.03. The summed E-state index contributed by atoms with van der Waals surface area (Å²) >= 11 is 0. The van der Waals surface area contributed by atoms with E-state index >= 15 is 0 Å². The highest BCUT2D eigenvalue weighted by Crippen LogP contribution is 2.46. The Labute approximate surface area is 121 Å². The molecule has 0 spiro atoms. The highest BCUT2D eigenvalue weighted by molar-refractivity contribution is 5.20. The first-order valence-corrected chi connectivity index (χ1v) is 7.64. The van der Waals surface area contributed by atoms with E-state index in [0.29, 0.717) is 12.1 Å². The van der Waals surface area contributed by atoms with Gasteiger partial charge in [0.15, 0.2) is 0 Å². The number of ether oxygens (including phenoxy) is 1. The fourth-order valence-electron chi connectivity index (χ4n) is 3.16. The summed E-state index contributed by atoms with van der Waals surface area (Å²) in [5, 5.41) is 3.68. The molecule has 1 aliphatic rings. The Kier molecular flexibility index (Phi) is 4.82. The standard InChI is InChI=1S/C17H26FNO/c1-5-17(4)15(11-16(17)20-6-2)19-12(3)13-7-9-14(18)10-8-13/h7-10,12,15-16,19H,5-6,11H2,1-4H3/t12-,15?,16?,17?/m1/s1. The first-order valence-electron chi connectivity index (χ1n) is 7.64. The van der Waals surface area contributed by atoms with E-state index in [-0.39, 0.29) is 17.3 Å². The summed E-state index contributed by atoms with van der Waals surface area (Å²) in [7, 11) is 0. The van der Waals surface area contributed by atoms with E-state index in [1.807, 2.05) is 12.1 Å². The zero-order chi connectivity index (χ0) is 14.8. The van der Waals surface area contributed by atoms with Gasteiger partial charge in [0.1, 0.15) is 5.82 Å². The molecule has 0 aliphatic heterocycles. The van der Waals surface area contributed by atoms with Gasteiger partial charge in [0.05, 0.1) is 6.10 Å². The lowest BCUT2D eigenvalue weighted by Crippen LogP contribution is -2.62. The van der Waals surface area contributed by atoms with Crippen LogP contribution in [0.3, 0.4) is 0 Å². The maximum Gasteiger partial charge on any atom is 0.123 e. The molecule has 20 heavy (non-hydrogen) atoms. The van der Waals surface area contributed by atoms with Crippen LogP contribution >= 0.6 is 0 Å². The summed E-state index contributed by atoms with van der Waals surface area (Å²) in [5.41, 5.74) is 1.33. The zero-order valence-corrected chi connectivity index (χ0v) is 12.9. The first-order chi connectivity index (χ1) is 9.51. The number of halogens is 1. The molecule has 0 bridgehead atoms. The summed E-state index contributed by atoms with van der Waals surface area (Å²) in [6.45, 7) is 9.49. The van der Waals surface area contributed by atoms with Gasteiger partial charge in [0.25, 0.3) is 0 Å². The highest BCUT2D eigenvalue weighted by atomic mass is 19.1. The predicted molar refractivity (Wildman–Crippen MR) is 80.2 cm³/mol. The highest BCUT2D eigenvalue weighted by Gasteiger charge is 2.51. The average molecular weight is 279 g/mol. The van der Waals surface area contributed by atoms with Gasteiger partial charge in [-0.05, 0) is 44.4 Å². The molecule has 1 aromatic carbocycles. The van der Waals surface area contributed by atoms with Gasteiger partial charge in [0, 0.05) is 24.1 Å². The molecule has 0 amide bonds. The van der Waals surface area contributed by atoms with E-state index in [1.165, 1.54) is 12.1 Å². The summed E-state index contributed by atoms with van der Waals surface area (Å²) in [6.07, 6.45) is 2.52. The molecular formula is C17H26FNO. The third-order valence-electron chi connectivity index (χ3n) is 4.93.